The lowest BCUT2D eigenvalue weighted by molar-refractivity contribution is -0.133. The summed E-state index contributed by atoms with van der Waals surface area (Å²) in [6.45, 7) is 12.4. The number of fused-ring (bicyclic) bond motifs is 1. The van der Waals surface area contributed by atoms with Crippen molar-refractivity contribution in [1.82, 2.24) is 14.9 Å². The lowest BCUT2D eigenvalue weighted by Gasteiger charge is -2.40. The fraction of sp³-hybridized carbons (Fsp3) is 0.577. The van der Waals surface area contributed by atoms with Gasteiger partial charge in [-0.2, -0.15) is 4.98 Å². The highest BCUT2D eigenvalue weighted by molar-refractivity contribution is 6.02. The second-order valence-electron chi connectivity index (χ2n) is 10.4. The first-order valence-electron chi connectivity index (χ1n) is 12.6. The van der Waals surface area contributed by atoms with Gasteiger partial charge in [-0.15, -0.1) is 0 Å². The van der Waals surface area contributed by atoms with Gasteiger partial charge in [-0.25, -0.2) is 4.98 Å². The largest absolute Gasteiger partial charge is 0.472 e. The van der Waals surface area contributed by atoms with Crippen molar-refractivity contribution in [1.29, 1.82) is 0 Å². The van der Waals surface area contributed by atoms with Crippen LogP contribution < -0.4 is 19.9 Å². The maximum absolute atomic E-state index is 13.2. The van der Waals surface area contributed by atoms with Crippen molar-refractivity contribution >= 4 is 29.0 Å². The Morgan fingerprint density at radius 3 is 2.38 bits per heavy atom. The average Bonchev–Trinajstić information content (AvgIpc) is 3.35. The molecule has 2 aromatic rings. The molecule has 1 aromatic heterocycles. The number of aromatic nitrogens is 2. The molecule has 3 heterocycles. The molecule has 1 saturated carbocycles. The van der Waals surface area contributed by atoms with E-state index in [2.05, 4.69) is 58.2 Å². The van der Waals surface area contributed by atoms with Crippen molar-refractivity contribution in [3.8, 4) is 5.75 Å². The summed E-state index contributed by atoms with van der Waals surface area (Å²) in [7, 11) is 0. The van der Waals surface area contributed by atoms with Crippen molar-refractivity contribution in [2.75, 3.05) is 41.3 Å². The van der Waals surface area contributed by atoms with Gasteiger partial charge in [0.05, 0.1) is 6.20 Å². The predicted molar refractivity (Wildman–Crippen MR) is 135 cm³/mol. The van der Waals surface area contributed by atoms with Crippen LogP contribution in [0, 0.1) is 0 Å². The zero-order chi connectivity index (χ0) is 23.9. The molecule has 2 aliphatic heterocycles. The summed E-state index contributed by atoms with van der Waals surface area (Å²) in [6, 6.07) is 9.19. The molecule has 1 aliphatic carbocycles. The Bertz CT molecular complexity index is 1020. The van der Waals surface area contributed by atoms with Gasteiger partial charge < -0.3 is 15.0 Å². The normalized spacial score (nSPS) is 21.0. The van der Waals surface area contributed by atoms with Gasteiger partial charge in [0, 0.05) is 49.6 Å². The summed E-state index contributed by atoms with van der Waals surface area (Å²) in [5.41, 5.74) is 1.24. The Labute approximate surface area is 202 Å². The Kier molecular flexibility index (Phi) is 6.10. The van der Waals surface area contributed by atoms with E-state index in [1.165, 1.54) is 5.69 Å². The molecule has 3 aliphatic rings. The number of ether oxygens (including phenoxy) is 1. The molecule has 5 rings (SSSR count). The molecule has 1 amide bonds. The number of nitrogens with zero attached hydrogens (tertiary/aromatic N) is 5. The number of benzene rings is 1. The van der Waals surface area contributed by atoms with E-state index in [9.17, 15) is 4.79 Å². The smallest absolute Gasteiger partial charge is 0.272 e. The number of hydrogen-bond donors (Lipinski definition) is 1. The molecule has 0 unspecified atom stereocenters. The lowest BCUT2D eigenvalue weighted by Crippen LogP contribution is -2.55. The van der Waals surface area contributed by atoms with Crippen LogP contribution in [0.15, 0.2) is 30.5 Å². The summed E-state index contributed by atoms with van der Waals surface area (Å²) in [5, 5.41) is 3.31. The first-order valence-corrected chi connectivity index (χ1v) is 12.6. The lowest BCUT2D eigenvalue weighted by atomic mass is 10.0. The Morgan fingerprint density at radius 1 is 1.06 bits per heavy atom. The molecule has 1 aromatic carbocycles. The van der Waals surface area contributed by atoms with Crippen LogP contribution in [0.1, 0.15) is 53.4 Å². The van der Waals surface area contributed by atoms with Crippen molar-refractivity contribution in [2.45, 2.75) is 71.1 Å². The summed E-state index contributed by atoms with van der Waals surface area (Å²) in [5.74, 6) is 1.58. The minimum Gasteiger partial charge on any atom is -0.472 e. The molecule has 1 saturated heterocycles. The minimum absolute atomic E-state index is 0.0292. The van der Waals surface area contributed by atoms with Crippen LogP contribution in [-0.2, 0) is 4.79 Å². The zero-order valence-electron chi connectivity index (χ0n) is 20.8. The molecule has 0 spiro atoms. The van der Waals surface area contributed by atoms with Gasteiger partial charge in [0.15, 0.2) is 17.2 Å². The van der Waals surface area contributed by atoms with Gasteiger partial charge in [-0.3, -0.25) is 14.6 Å². The van der Waals surface area contributed by atoms with Crippen LogP contribution in [0.5, 0.6) is 5.75 Å². The van der Waals surface area contributed by atoms with Crippen molar-refractivity contribution in [2.24, 2.45) is 0 Å². The molecule has 0 bridgehead atoms. The third-order valence-corrected chi connectivity index (χ3v) is 7.29. The quantitative estimate of drug-likeness (QED) is 0.711. The molecule has 2 fully saturated rings. The Hall–Kier alpha value is -2.87. The number of carbonyl (C=O) groups is 1. The molecule has 34 heavy (non-hydrogen) atoms. The Balaban J connectivity index is 1.32. The molecule has 8 heteroatoms. The molecular weight excluding hydrogens is 428 g/mol. The zero-order valence-corrected chi connectivity index (χ0v) is 20.8. The number of rotatable bonds is 5. The monoisotopic (exact) mass is 464 g/mol. The first-order chi connectivity index (χ1) is 16.3. The highest BCUT2D eigenvalue weighted by Crippen LogP contribution is 2.40. The fourth-order valence-corrected chi connectivity index (χ4v) is 5.25. The van der Waals surface area contributed by atoms with Gasteiger partial charge in [0.25, 0.3) is 5.91 Å². The van der Waals surface area contributed by atoms with E-state index >= 15 is 0 Å². The van der Waals surface area contributed by atoms with E-state index in [0.717, 1.165) is 57.5 Å². The maximum Gasteiger partial charge on any atom is 0.272 e. The molecule has 182 valence electrons. The van der Waals surface area contributed by atoms with E-state index in [0.29, 0.717) is 23.6 Å². The van der Waals surface area contributed by atoms with Crippen LogP contribution in [0.25, 0.3) is 0 Å². The summed E-state index contributed by atoms with van der Waals surface area (Å²) < 4.78 is 5.98. The SMILES string of the molecule is CC(C)N1CCN(c2ccc(Nc3ncc4c(n3)N(C3CCCC3)C(=O)C(C)(C)O4)cc2)CC1. The van der Waals surface area contributed by atoms with Crippen LogP contribution in [0.4, 0.5) is 23.1 Å². The van der Waals surface area contributed by atoms with E-state index < -0.39 is 5.60 Å². The van der Waals surface area contributed by atoms with E-state index in [-0.39, 0.29) is 11.9 Å². The Morgan fingerprint density at radius 2 is 1.74 bits per heavy atom. The number of hydrogen-bond acceptors (Lipinski definition) is 7. The summed E-state index contributed by atoms with van der Waals surface area (Å²) >= 11 is 0. The van der Waals surface area contributed by atoms with Gasteiger partial charge in [-0.05, 0) is 64.8 Å². The molecule has 0 atom stereocenters. The number of anilines is 4. The second-order valence-corrected chi connectivity index (χ2v) is 10.4. The topological polar surface area (TPSA) is 73.8 Å². The predicted octanol–water partition coefficient (Wildman–Crippen LogP) is 4.20. The van der Waals surface area contributed by atoms with Crippen LogP contribution in [-0.4, -0.2) is 64.6 Å². The first kappa shape index (κ1) is 22.9. The van der Waals surface area contributed by atoms with E-state index in [1.54, 1.807) is 6.20 Å². The molecule has 8 nitrogen and oxygen atoms in total. The molecular formula is C26H36N6O2. The number of amides is 1. The van der Waals surface area contributed by atoms with Gasteiger partial charge >= 0.3 is 0 Å². The van der Waals surface area contributed by atoms with E-state index in [1.807, 2.05) is 18.7 Å². The van der Waals surface area contributed by atoms with Crippen LogP contribution in [0.3, 0.4) is 0 Å². The molecule has 1 N–H and O–H groups in total. The van der Waals surface area contributed by atoms with Crippen LogP contribution >= 0.6 is 0 Å². The number of nitrogens with one attached hydrogen (secondary N) is 1. The molecule has 0 radical (unpaired) electrons. The van der Waals surface area contributed by atoms with Gasteiger partial charge in [0.2, 0.25) is 5.95 Å². The van der Waals surface area contributed by atoms with Gasteiger partial charge in [0.1, 0.15) is 0 Å². The van der Waals surface area contributed by atoms with E-state index in [4.69, 9.17) is 9.72 Å². The third kappa shape index (κ3) is 4.43. The maximum atomic E-state index is 13.2. The van der Waals surface area contributed by atoms with Crippen molar-refractivity contribution in [3.05, 3.63) is 30.5 Å². The second kappa shape index (κ2) is 9.06. The third-order valence-electron chi connectivity index (χ3n) is 7.29. The van der Waals surface area contributed by atoms with Crippen molar-refractivity contribution < 1.29 is 9.53 Å². The fourth-order valence-electron chi connectivity index (χ4n) is 5.25. The number of carbonyl (C=O) groups excluding carboxylic acids is 1. The summed E-state index contributed by atoms with van der Waals surface area (Å²) in [4.78, 5) is 29.2. The summed E-state index contributed by atoms with van der Waals surface area (Å²) in [6.07, 6.45) is 5.96. The average molecular weight is 465 g/mol. The highest BCUT2D eigenvalue weighted by Gasteiger charge is 2.45. The minimum atomic E-state index is -0.912. The van der Waals surface area contributed by atoms with Crippen molar-refractivity contribution in [3.63, 3.8) is 0 Å². The number of piperazine rings is 1. The van der Waals surface area contributed by atoms with Gasteiger partial charge in [-0.1, -0.05) is 12.8 Å². The standard InChI is InChI=1S/C26H36N6O2/c1-18(2)30-13-15-31(16-14-30)20-11-9-19(10-12-20)28-25-27-17-22-23(29-25)32(21-7-5-6-8-21)24(33)26(3,4)34-22/h9-12,17-18,21H,5-8,13-16H2,1-4H3,(H,27,28,29). The highest BCUT2D eigenvalue weighted by atomic mass is 16.5. The van der Waals surface area contributed by atoms with Crippen LogP contribution in [0.2, 0.25) is 0 Å².